The van der Waals surface area contributed by atoms with Crippen molar-refractivity contribution in [3.63, 3.8) is 0 Å². The average molecular weight is 369 g/mol. The first-order valence-electron chi connectivity index (χ1n) is 9.08. The van der Waals surface area contributed by atoms with Gasteiger partial charge in [0.1, 0.15) is 0 Å². The highest BCUT2D eigenvalue weighted by Gasteiger charge is 2.24. The van der Waals surface area contributed by atoms with Crippen molar-refractivity contribution in [2.45, 2.75) is 37.6 Å². The van der Waals surface area contributed by atoms with E-state index in [9.17, 15) is 9.59 Å². The molecule has 2 aromatic rings. The molecule has 2 aromatic carbocycles. The Balaban J connectivity index is 1.71. The number of nitrogens with one attached hydrogen (secondary N) is 1. The molecule has 0 unspecified atom stereocenters. The zero-order valence-electron chi connectivity index (χ0n) is 15.0. The Morgan fingerprint density at radius 3 is 2.85 bits per heavy atom. The van der Waals surface area contributed by atoms with Crippen LogP contribution in [0, 0.1) is 0 Å². The van der Waals surface area contributed by atoms with Crippen LogP contribution in [0.5, 0.6) is 0 Å². The monoisotopic (exact) mass is 368 g/mol. The van der Waals surface area contributed by atoms with E-state index >= 15 is 0 Å². The molecule has 5 heteroatoms. The lowest BCUT2D eigenvalue weighted by Gasteiger charge is -2.29. The Labute approximate surface area is 159 Å². The summed E-state index contributed by atoms with van der Waals surface area (Å²) in [5.41, 5.74) is 2.55. The number of para-hydroxylation sites is 1. The molecule has 4 nitrogen and oxygen atoms in total. The second-order valence-corrected chi connectivity index (χ2v) is 7.42. The number of unbranched alkanes of at least 4 members (excludes halogenated alkanes) is 2. The summed E-state index contributed by atoms with van der Waals surface area (Å²) in [4.78, 5) is 27.7. The van der Waals surface area contributed by atoms with Gasteiger partial charge in [0.05, 0.1) is 18.0 Å². The van der Waals surface area contributed by atoms with Gasteiger partial charge in [0.15, 0.2) is 0 Å². The van der Waals surface area contributed by atoms with Gasteiger partial charge < -0.3 is 10.2 Å². The molecule has 1 aliphatic heterocycles. The van der Waals surface area contributed by atoms with Crippen LogP contribution in [-0.2, 0) is 11.3 Å². The second-order valence-electron chi connectivity index (χ2n) is 6.40. The molecule has 1 N–H and O–H groups in total. The van der Waals surface area contributed by atoms with Gasteiger partial charge in [-0.1, -0.05) is 44.0 Å². The molecular weight excluding hydrogens is 344 g/mol. The van der Waals surface area contributed by atoms with Crippen LogP contribution in [0.2, 0.25) is 0 Å². The van der Waals surface area contributed by atoms with Crippen molar-refractivity contribution in [2.75, 3.05) is 17.2 Å². The Kier molecular flexibility index (Phi) is 6.34. The predicted octanol–water partition coefficient (Wildman–Crippen LogP) is 4.25. The van der Waals surface area contributed by atoms with E-state index in [0.717, 1.165) is 35.4 Å². The lowest BCUT2D eigenvalue weighted by molar-refractivity contribution is -0.116. The Hall–Kier alpha value is -2.27. The quantitative estimate of drug-likeness (QED) is 0.744. The molecule has 2 amide bonds. The first-order chi connectivity index (χ1) is 12.7. The standard InChI is InChI=1S/C21H24N2O2S/c1-2-3-6-12-22-21(25)17-9-7-8-16(13-17)14-23-18-10-4-5-11-19(18)26-15-20(23)24/h4-5,7-11,13H,2-3,6,12,14-15H2,1H3,(H,22,25). The van der Waals surface area contributed by atoms with Crippen LogP contribution in [0.1, 0.15) is 42.1 Å². The van der Waals surface area contributed by atoms with Gasteiger partial charge in [-0.3, -0.25) is 9.59 Å². The fourth-order valence-corrected chi connectivity index (χ4v) is 3.94. The van der Waals surface area contributed by atoms with E-state index < -0.39 is 0 Å². The van der Waals surface area contributed by atoms with E-state index in [-0.39, 0.29) is 11.8 Å². The van der Waals surface area contributed by atoms with E-state index in [1.165, 1.54) is 0 Å². The number of thioether (sulfide) groups is 1. The highest BCUT2D eigenvalue weighted by Crippen LogP contribution is 2.35. The fraction of sp³-hybridized carbons (Fsp3) is 0.333. The third kappa shape index (κ3) is 4.47. The number of rotatable bonds is 7. The molecule has 0 atom stereocenters. The molecule has 0 saturated carbocycles. The van der Waals surface area contributed by atoms with Gasteiger partial charge >= 0.3 is 0 Å². The number of hydrogen-bond acceptors (Lipinski definition) is 3. The van der Waals surface area contributed by atoms with Gasteiger partial charge in [-0.05, 0) is 36.2 Å². The van der Waals surface area contributed by atoms with Crippen molar-refractivity contribution in [1.29, 1.82) is 0 Å². The van der Waals surface area contributed by atoms with Crippen LogP contribution in [0.25, 0.3) is 0 Å². The van der Waals surface area contributed by atoms with E-state index in [1.807, 2.05) is 53.4 Å². The predicted molar refractivity (Wildman–Crippen MR) is 107 cm³/mol. The van der Waals surface area contributed by atoms with Crippen molar-refractivity contribution in [3.05, 3.63) is 59.7 Å². The van der Waals surface area contributed by atoms with Crippen LogP contribution >= 0.6 is 11.8 Å². The Morgan fingerprint density at radius 1 is 1.15 bits per heavy atom. The van der Waals surface area contributed by atoms with E-state index in [1.54, 1.807) is 11.8 Å². The van der Waals surface area contributed by atoms with Gasteiger partial charge in [-0.2, -0.15) is 0 Å². The maximum atomic E-state index is 12.4. The molecule has 136 valence electrons. The molecule has 0 bridgehead atoms. The van der Waals surface area contributed by atoms with Crippen molar-refractivity contribution in [2.24, 2.45) is 0 Å². The number of carbonyl (C=O) groups excluding carboxylic acids is 2. The zero-order valence-corrected chi connectivity index (χ0v) is 15.8. The highest BCUT2D eigenvalue weighted by atomic mass is 32.2. The Morgan fingerprint density at radius 2 is 2.00 bits per heavy atom. The number of fused-ring (bicyclic) bond motifs is 1. The van der Waals surface area contributed by atoms with Crippen LogP contribution in [0.15, 0.2) is 53.4 Å². The molecule has 1 heterocycles. The minimum Gasteiger partial charge on any atom is -0.352 e. The molecule has 3 rings (SSSR count). The average Bonchev–Trinajstić information content (AvgIpc) is 2.67. The number of anilines is 1. The van der Waals surface area contributed by atoms with E-state index in [0.29, 0.717) is 24.4 Å². The maximum absolute atomic E-state index is 12.4. The van der Waals surface area contributed by atoms with Crippen molar-refractivity contribution >= 4 is 29.3 Å². The number of hydrogen-bond donors (Lipinski definition) is 1. The SMILES string of the molecule is CCCCCNC(=O)c1cccc(CN2C(=O)CSc3ccccc32)c1. The van der Waals surface area contributed by atoms with Crippen LogP contribution in [-0.4, -0.2) is 24.1 Å². The Bertz CT molecular complexity index is 791. The minimum atomic E-state index is -0.0520. The van der Waals surface area contributed by atoms with Gasteiger partial charge in [0.2, 0.25) is 5.91 Å². The van der Waals surface area contributed by atoms with Crippen molar-refractivity contribution < 1.29 is 9.59 Å². The number of amides is 2. The highest BCUT2D eigenvalue weighted by molar-refractivity contribution is 8.00. The minimum absolute atomic E-state index is 0.0520. The van der Waals surface area contributed by atoms with E-state index in [4.69, 9.17) is 0 Å². The van der Waals surface area contributed by atoms with Crippen LogP contribution in [0.4, 0.5) is 5.69 Å². The largest absolute Gasteiger partial charge is 0.352 e. The van der Waals surface area contributed by atoms with Gasteiger partial charge in [0, 0.05) is 17.0 Å². The van der Waals surface area contributed by atoms with Crippen molar-refractivity contribution in [3.8, 4) is 0 Å². The zero-order chi connectivity index (χ0) is 18.4. The summed E-state index contributed by atoms with van der Waals surface area (Å²) in [6.45, 7) is 3.32. The van der Waals surface area contributed by atoms with E-state index in [2.05, 4.69) is 12.2 Å². The lowest BCUT2D eigenvalue weighted by atomic mass is 10.1. The van der Waals surface area contributed by atoms with Crippen molar-refractivity contribution in [1.82, 2.24) is 5.32 Å². The second kappa shape index (κ2) is 8.90. The summed E-state index contributed by atoms with van der Waals surface area (Å²) in [6.07, 6.45) is 3.25. The topological polar surface area (TPSA) is 49.4 Å². The molecule has 0 aromatic heterocycles. The number of benzene rings is 2. The summed E-state index contributed by atoms with van der Waals surface area (Å²) in [7, 11) is 0. The summed E-state index contributed by atoms with van der Waals surface area (Å²) >= 11 is 1.58. The summed E-state index contributed by atoms with van der Waals surface area (Å²) < 4.78 is 0. The third-order valence-electron chi connectivity index (χ3n) is 4.40. The first kappa shape index (κ1) is 18.5. The summed E-state index contributed by atoms with van der Waals surface area (Å²) in [5, 5.41) is 2.97. The molecule has 0 radical (unpaired) electrons. The molecule has 26 heavy (non-hydrogen) atoms. The summed E-state index contributed by atoms with van der Waals surface area (Å²) in [6, 6.07) is 15.5. The molecule has 0 spiro atoms. The molecular formula is C21H24N2O2S. The third-order valence-corrected chi connectivity index (χ3v) is 5.45. The smallest absolute Gasteiger partial charge is 0.251 e. The van der Waals surface area contributed by atoms with Crippen LogP contribution in [0.3, 0.4) is 0 Å². The van der Waals surface area contributed by atoms with Crippen LogP contribution < -0.4 is 10.2 Å². The molecule has 0 saturated heterocycles. The number of nitrogens with zero attached hydrogens (tertiary/aromatic N) is 1. The first-order valence-corrected chi connectivity index (χ1v) is 10.1. The fourth-order valence-electron chi connectivity index (χ4n) is 3.00. The van der Waals surface area contributed by atoms with Gasteiger partial charge in [0.25, 0.3) is 5.91 Å². The molecule has 0 aliphatic carbocycles. The maximum Gasteiger partial charge on any atom is 0.251 e. The molecule has 0 fully saturated rings. The van der Waals surface area contributed by atoms with Gasteiger partial charge in [-0.15, -0.1) is 11.8 Å². The number of carbonyl (C=O) groups is 2. The summed E-state index contributed by atoms with van der Waals surface area (Å²) in [5.74, 6) is 0.501. The lowest BCUT2D eigenvalue weighted by Crippen LogP contribution is -2.34. The van der Waals surface area contributed by atoms with Gasteiger partial charge in [-0.25, -0.2) is 0 Å². The normalized spacial score (nSPS) is 13.4. The molecule has 1 aliphatic rings.